The number of hydrogen-bond acceptors (Lipinski definition) is 6. The van der Waals surface area contributed by atoms with Crippen molar-refractivity contribution in [3.05, 3.63) is 42.0 Å². The van der Waals surface area contributed by atoms with Gasteiger partial charge < -0.3 is 15.0 Å². The summed E-state index contributed by atoms with van der Waals surface area (Å²) in [6.07, 6.45) is 2.90. The Labute approximate surface area is 184 Å². The zero-order valence-electron chi connectivity index (χ0n) is 18.4. The van der Waals surface area contributed by atoms with Gasteiger partial charge in [-0.15, -0.1) is 10.2 Å². The Hall–Kier alpha value is -2.51. The van der Waals surface area contributed by atoms with Gasteiger partial charge in [-0.2, -0.15) is 0 Å². The summed E-state index contributed by atoms with van der Waals surface area (Å²) in [5.74, 6) is 1.02. The molecule has 166 valence electrons. The van der Waals surface area contributed by atoms with E-state index in [-0.39, 0.29) is 11.8 Å². The summed E-state index contributed by atoms with van der Waals surface area (Å²) in [4.78, 5) is 17.3. The Morgan fingerprint density at radius 1 is 1.10 bits per heavy atom. The van der Waals surface area contributed by atoms with E-state index in [4.69, 9.17) is 4.74 Å². The lowest BCUT2D eigenvalue weighted by Crippen LogP contribution is -2.44. The van der Waals surface area contributed by atoms with Crippen molar-refractivity contribution in [1.82, 2.24) is 20.4 Å². The fourth-order valence-electron chi connectivity index (χ4n) is 4.25. The van der Waals surface area contributed by atoms with Crippen LogP contribution in [0.1, 0.15) is 24.8 Å². The average molecular weight is 424 g/mol. The van der Waals surface area contributed by atoms with Crippen LogP contribution in [0.3, 0.4) is 0 Å². The van der Waals surface area contributed by atoms with Gasteiger partial charge in [-0.3, -0.25) is 9.69 Å². The first-order valence-electron chi connectivity index (χ1n) is 11.4. The zero-order valence-corrected chi connectivity index (χ0v) is 18.4. The highest BCUT2D eigenvalue weighted by molar-refractivity contribution is 5.79. The van der Waals surface area contributed by atoms with E-state index in [0.717, 1.165) is 82.3 Å². The lowest BCUT2D eigenvalue weighted by Gasteiger charge is -2.32. The number of anilines is 1. The number of carbonyl (C=O) groups excluding carboxylic acids is 1. The van der Waals surface area contributed by atoms with E-state index in [1.807, 2.05) is 12.1 Å². The Kier molecular flexibility index (Phi) is 7.48. The van der Waals surface area contributed by atoms with Crippen molar-refractivity contribution in [2.24, 2.45) is 5.92 Å². The van der Waals surface area contributed by atoms with E-state index in [0.29, 0.717) is 6.54 Å². The molecule has 7 nitrogen and oxygen atoms in total. The molecule has 0 aliphatic carbocycles. The van der Waals surface area contributed by atoms with Gasteiger partial charge in [0.25, 0.3) is 0 Å². The van der Waals surface area contributed by atoms with Crippen LogP contribution >= 0.6 is 0 Å². The first kappa shape index (κ1) is 21.7. The highest BCUT2D eigenvalue weighted by Gasteiger charge is 2.26. The molecule has 2 aliphatic rings. The maximum atomic E-state index is 12.7. The summed E-state index contributed by atoms with van der Waals surface area (Å²) in [5, 5.41) is 12.0. The summed E-state index contributed by atoms with van der Waals surface area (Å²) < 4.78 is 5.38. The molecule has 1 aromatic carbocycles. The van der Waals surface area contributed by atoms with Gasteiger partial charge in [0.15, 0.2) is 5.82 Å². The standard InChI is InChI=1S/C24H33N5O2/c1-19-5-7-20(8-6-19)22-9-10-23(27-26-22)29-13-2-4-21(18-29)24(30)25-11-3-12-28-14-16-31-17-15-28/h5-10,21H,2-4,11-18H2,1H3,(H,25,30). The van der Waals surface area contributed by atoms with E-state index in [9.17, 15) is 4.79 Å². The van der Waals surface area contributed by atoms with Gasteiger partial charge in [-0.25, -0.2) is 0 Å². The second kappa shape index (κ2) is 10.7. The molecule has 2 saturated heterocycles. The zero-order chi connectivity index (χ0) is 21.5. The molecule has 1 N–H and O–H groups in total. The number of aryl methyl sites for hydroxylation is 1. The van der Waals surface area contributed by atoms with Gasteiger partial charge >= 0.3 is 0 Å². The van der Waals surface area contributed by atoms with Crippen molar-refractivity contribution in [2.45, 2.75) is 26.2 Å². The fourth-order valence-corrected chi connectivity index (χ4v) is 4.25. The van der Waals surface area contributed by atoms with Gasteiger partial charge in [0, 0.05) is 38.3 Å². The molecular weight excluding hydrogens is 390 g/mol. The van der Waals surface area contributed by atoms with E-state index in [2.05, 4.69) is 56.5 Å². The van der Waals surface area contributed by atoms with Crippen molar-refractivity contribution >= 4 is 11.7 Å². The SMILES string of the molecule is Cc1ccc(-c2ccc(N3CCCC(C(=O)NCCCN4CCOCC4)C3)nn2)cc1. The summed E-state index contributed by atoms with van der Waals surface area (Å²) in [5.41, 5.74) is 3.17. The number of nitrogens with one attached hydrogen (secondary N) is 1. The number of aromatic nitrogens is 2. The van der Waals surface area contributed by atoms with Crippen LogP contribution in [0.2, 0.25) is 0 Å². The van der Waals surface area contributed by atoms with E-state index in [1.54, 1.807) is 0 Å². The summed E-state index contributed by atoms with van der Waals surface area (Å²) in [6, 6.07) is 12.3. The van der Waals surface area contributed by atoms with Gasteiger partial charge in [-0.05, 0) is 44.9 Å². The summed E-state index contributed by atoms with van der Waals surface area (Å²) in [7, 11) is 0. The molecule has 4 rings (SSSR count). The molecule has 1 unspecified atom stereocenters. The monoisotopic (exact) mass is 423 g/mol. The van der Waals surface area contributed by atoms with Crippen LogP contribution in [0.4, 0.5) is 5.82 Å². The largest absolute Gasteiger partial charge is 0.379 e. The molecule has 0 bridgehead atoms. The summed E-state index contributed by atoms with van der Waals surface area (Å²) >= 11 is 0. The molecule has 0 spiro atoms. The molecule has 1 aromatic heterocycles. The molecule has 31 heavy (non-hydrogen) atoms. The first-order chi connectivity index (χ1) is 15.2. The third-order valence-electron chi connectivity index (χ3n) is 6.17. The minimum absolute atomic E-state index is 0.00992. The van der Waals surface area contributed by atoms with Crippen molar-refractivity contribution in [1.29, 1.82) is 0 Å². The number of nitrogens with zero attached hydrogens (tertiary/aromatic N) is 4. The normalized spacial score (nSPS) is 19.9. The number of amides is 1. The van der Waals surface area contributed by atoms with Crippen LogP contribution in [0.5, 0.6) is 0 Å². The second-order valence-electron chi connectivity index (χ2n) is 8.53. The second-order valence-corrected chi connectivity index (χ2v) is 8.53. The van der Waals surface area contributed by atoms with Crippen LogP contribution in [0.25, 0.3) is 11.3 Å². The Morgan fingerprint density at radius 3 is 2.65 bits per heavy atom. The number of morpholine rings is 1. The van der Waals surface area contributed by atoms with Crippen molar-refractivity contribution < 1.29 is 9.53 Å². The molecule has 3 heterocycles. The quantitative estimate of drug-likeness (QED) is 0.690. The minimum Gasteiger partial charge on any atom is -0.379 e. The van der Waals surface area contributed by atoms with Gasteiger partial charge in [0.05, 0.1) is 24.8 Å². The lowest BCUT2D eigenvalue weighted by molar-refractivity contribution is -0.125. The molecule has 0 saturated carbocycles. The molecular formula is C24H33N5O2. The molecule has 1 amide bonds. The Balaban J connectivity index is 1.25. The third-order valence-corrected chi connectivity index (χ3v) is 6.17. The molecule has 2 aromatic rings. The number of ether oxygens (including phenoxy) is 1. The topological polar surface area (TPSA) is 70.6 Å². The molecule has 2 fully saturated rings. The smallest absolute Gasteiger partial charge is 0.224 e. The molecule has 1 atom stereocenters. The number of benzene rings is 1. The molecule has 0 radical (unpaired) electrons. The minimum atomic E-state index is 0.00992. The van der Waals surface area contributed by atoms with Crippen molar-refractivity contribution in [3.8, 4) is 11.3 Å². The highest BCUT2D eigenvalue weighted by atomic mass is 16.5. The predicted molar refractivity (Wildman–Crippen MR) is 122 cm³/mol. The van der Waals surface area contributed by atoms with Crippen LogP contribution in [-0.4, -0.2) is 73.5 Å². The highest BCUT2D eigenvalue weighted by Crippen LogP contribution is 2.23. The fraction of sp³-hybridized carbons (Fsp3) is 0.542. The number of carbonyl (C=O) groups is 1. The van der Waals surface area contributed by atoms with Crippen molar-refractivity contribution in [3.63, 3.8) is 0 Å². The predicted octanol–water partition coefficient (Wildman–Crippen LogP) is 2.51. The maximum absolute atomic E-state index is 12.7. The van der Waals surface area contributed by atoms with Gasteiger partial charge in [-0.1, -0.05) is 29.8 Å². The number of rotatable bonds is 7. The van der Waals surface area contributed by atoms with Crippen LogP contribution in [0.15, 0.2) is 36.4 Å². The van der Waals surface area contributed by atoms with E-state index in [1.165, 1.54) is 5.56 Å². The van der Waals surface area contributed by atoms with Crippen LogP contribution in [-0.2, 0) is 9.53 Å². The molecule has 7 heteroatoms. The van der Waals surface area contributed by atoms with Crippen molar-refractivity contribution in [2.75, 3.05) is 57.4 Å². The van der Waals surface area contributed by atoms with E-state index < -0.39 is 0 Å². The number of hydrogen-bond donors (Lipinski definition) is 1. The third kappa shape index (κ3) is 6.02. The Bertz CT molecular complexity index is 834. The van der Waals surface area contributed by atoms with Crippen LogP contribution < -0.4 is 10.2 Å². The first-order valence-corrected chi connectivity index (χ1v) is 11.4. The number of piperidine rings is 1. The maximum Gasteiger partial charge on any atom is 0.224 e. The van der Waals surface area contributed by atoms with Gasteiger partial charge in [0.1, 0.15) is 0 Å². The Morgan fingerprint density at radius 2 is 1.90 bits per heavy atom. The average Bonchev–Trinajstić information content (AvgIpc) is 2.83. The van der Waals surface area contributed by atoms with E-state index >= 15 is 0 Å². The van der Waals surface area contributed by atoms with Gasteiger partial charge in [0.2, 0.25) is 5.91 Å². The lowest BCUT2D eigenvalue weighted by atomic mass is 9.97. The summed E-state index contributed by atoms with van der Waals surface area (Å²) in [6.45, 7) is 9.07. The molecule has 2 aliphatic heterocycles. The van der Waals surface area contributed by atoms with Crippen LogP contribution in [0, 0.1) is 12.8 Å².